The largest absolute Gasteiger partial charge is 0.355 e. The van der Waals surface area contributed by atoms with E-state index in [1.807, 2.05) is 12.1 Å². The Morgan fingerprint density at radius 1 is 1.21 bits per heavy atom. The van der Waals surface area contributed by atoms with E-state index in [2.05, 4.69) is 5.32 Å². The number of nitro benzene ring substituents is 1. The molecule has 0 spiro atoms. The Kier molecular flexibility index (Phi) is 7.58. The molecule has 10 heteroatoms. The highest BCUT2D eigenvalue weighted by Crippen LogP contribution is 2.29. The lowest BCUT2D eigenvalue weighted by Crippen LogP contribution is -2.41. The average Bonchev–Trinajstić information content (AvgIpc) is 2.64. The minimum Gasteiger partial charge on any atom is -0.355 e. The smallest absolute Gasteiger partial charge is 0.274 e. The molecule has 1 N–H and O–H groups in total. The van der Waals surface area contributed by atoms with Crippen molar-refractivity contribution in [3.8, 4) is 0 Å². The number of nitrogens with zero attached hydrogens (tertiary/aromatic N) is 2. The van der Waals surface area contributed by atoms with Crippen LogP contribution in [-0.4, -0.2) is 38.6 Å². The number of anilines is 1. The lowest BCUT2D eigenvalue weighted by atomic mass is 10.1. The van der Waals surface area contributed by atoms with Gasteiger partial charge >= 0.3 is 0 Å². The second-order valence-corrected chi connectivity index (χ2v) is 8.87. The number of carbonyl (C=O) groups excluding carboxylic acids is 1. The van der Waals surface area contributed by atoms with Crippen molar-refractivity contribution >= 4 is 38.9 Å². The van der Waals surface area contributed by atoms with Crippen LogP contribution < -0.4 is 9.62 Å². The van der Waals surface area contributed by atoms with Gasteiger partial charge in [0.05, 0.1) is 22.4 Å². The maximum Gasteiger partial charge on any atom is 0.274 e. The molecule has 0 fully saturated rings. The molecule has 0 unspecified atom stereocenters. The Balaban J connectivity index is 2.02. The molecular weight excluding hydrogens is 418 g/mol. The summed E-state index contributed by atoms with van der Waals surface area (Å²) in [4.78, 5) is 22.8. The minimum atomic E-state index is -3.82. The van der Waals surface area contributed by atoms with Crippen molar-refractivity contribution in [1.82, 2.24) is 5.32 Å². The van der Waals surface area contributed by atoms with Gasteiger partial charge in [0, 0.05) is 17.6 Å². The molecule has 0 saturated carbocycles. The first-order valence-electron chi connectivity index (χ1n) is 8.82. The third kappa shape index (κ3) is 6.43. The first-order valence-corrected chi connectivity index (χ1v) is 11.0. The number of halogens is 1. The SMILES string of the molecule is Cc1c(N(CC(=O)NCCCc2ccc(Cl)cc2)S(C)(=O)=O)cccc1[N+](=O)[O-]. The van der Waals surface area contributed by atoms with Crippen LogP contribution in [0.1, 0.15) is 17.5 Å². The fourth-order valence-corrected chi connectivity index (χ4v) is 3.85. The van der Waals surface area contributed by atoms with Crippen LogP contribution in [0.2, 0.25) is 5.02 Å². The summed E-state index contributed by atoms with van der Waals surface area (Å²) in [5.74, 6) is -0.488. The van der Waals surface area contributed by atoms with Crippen LogP contribution >= 0.6 is 11.6 Å². The van der Waals surface area contributed by atoms with Gasteiger partial charge in [-0.25, -0.2) is 8.42 Å². The monoisotopic (exact) mass is 439 g/mol. The molecule has 0 aliphatic rings. The van der Waals surface area contributed by atoms with E-state index >= 15 is 0 Å². The predicted molar refractivity (Wildman–Crippen MR) is 113 cm³/mol. The lowest BCUT2D eigenvalue weighted by Gasteiger charge is -2.23. The summed E-state index contributed by atoms with van der Waals surface area (Å²) in [6.45, 7) is 1.37. The topological polar surface area (TPSA) is 110 Å². The highest BCUT2D eigenvalue weighted by molar-refractivity contribution is 7.92. The standard InChI is InChI=1S/C19H22ClN3O5S/c1-14-17(6-3-7-18(14)23(25)26)22(29(2,27)28)13-19(24)21-12-4-5-15-8-10-16(20)11-9-15/h3,6-11H,4-5,12-13H2,1-2H3,(H,21,24). The highest BCUT2D eigenvalue weighted by atomic mass is 35.5. The molecule has 0 aliphatic heterocycles. The fraction of sp³-hybridized carbons (Fsp3) is 0.316. The summed E-state index contributed by atoms with van der Waals surface area (Å²) < 4.78 is 25.3. The molecule has 0 bridgehead atoms. The maximum atomic E-state index is 12.3. The molecule has 156 valence electrons. The fourth-order valence-electron chi connectivity index (χ4n) is 2.82. The van der Waals surface area contributed by atoms with Gasteiger partial charge in [-0.1, -0.05) is 29.8 Å². The Morgan fingerprint density at radius 2 is 1.86 bits per heavy atom. The van der Waals surface area contributed by atoms with E-state index in [0.29, 0.717) is 18.0 Å². The van der Waals surface area contributed by atoms with Crippen LogP contribution in [0.25, 0.3) is 0 Å². The van der Waals surface area contributed by atoms with Crippen molar-refractivity contribution in [2.45, 2.75) is 19.8 Å². The van der Waals surface area contributed by atoms with Crippen LogP contribution in [0.5, 0.6) is 0 Å². The minimum absolute atomic E-state index is 0.109. The van der Waals surface area contributed by atoms with Gasteiger partial charge in [0.15, 0.2) is 0 Å². The molecular formula is C19H22ClN3O5S. The summed E-state index contributed by atoms with van der Waals surface area (Å²) in [5, 5.41) is 14.5. The quantitative estimate of drug-likeness (QED) is 0.367. The van der Waals surface area contributed by atoms with Crippen LogP contribution in [0.4, 0.5) is 11.4 Å². The summed E-state index contributed by atoms with van der Waals surface area (Å²) in [6, 6.07) is 11.5. The van der Waals surface area contributed by atoms with Gasteiger partial charge in [-0.05, 0) is 43.5 Å². The predicted octanol–water partition coefficient (Wildman–Crippen LogP) is 3.07. The highest BCUT2D eigenvalue weighted by Gasteiger charge is 2.25. The van der Waals surface area contributed by atoms with E-state index in [1.165, 1.54) is 25.1 Å². The number of amides is 1. The lowest BCUT2D eigenvalue weighted by molar-refractivity contribution is -0.385. The molecule has 0 saturated heterocycles. The summed E-state index contributed by atoms with van der Waals surface area (Å²) in [7, 11) is -3.82. The number of hydrogen-bond acceptors (Lipinski definition) is 5. The van der Waals surface area contributed by atoms with Crippen molar-refractivity contribution in [2.24, 2.45) is 0 Å². The number of aryl methyl sites for hydroxylation is 1. The van der Waals surface area contributed by atoms with Crippen LogP contribution in [-0.2, 0) is 21.2 Å². The van der Waals surface area contributed by atoms with Crippen molar-refractivity contribution < 1.29 is 18.1 Å². The number of benzene rings is 2. The molecule has 2 aromatic rings. The molecule has 2 aromatic carbocycles. The van der Waals surface area contributed by atoms with E-state index in [9.17, 15) is 23.3 Å². The molecule has 8 nitrogen and oxygen atoms in total. The van der Waals surface area contributed by atoms with Crippen LogP contribution in [0.3, 0.4) is 0 Å². The Labute approximate surface area is 174 Å². The van der Waals surface area contributed by atoms with Gasteiger partial charge in [-0.2, -0.15) is 0 Å². The first kappa shape index (κ1) is 22.6. The molecule has 2 rings (SSSR count). The Morgan fingerprint density at radius 3 is 2.45 bits per heavy atom. The van der Waals surface area contributed by atoms with Crippen molar-refractivity contribution in [1.29, 1.82) is 0 Å². The molecule has 0 aromatic heterocycles. The second-order valence-electron chi connectivity index (χ2n) is 6.53. The molecule has 29 heavy (non-hydrogen) atoms. The summed E-state index contributed by atoms with van der Waals surface area (Å²) in [5.41, 5.74) is 1.16. The number of rotatable bonds is 9. The van der Waals surface area contributed by atoms with Crippen LogP contribution in [0, 0.1) is 17.0 Å². The third-order valence-corrected chi connectivity index (χ3v) is 5.69. The molecule has 0 atom stereocenters. The zero-order valence-corrected chi connectivity index (χ0v) is 17.7. The van der Waals surface area contributed by atoms with Crippen molar-refractivity contribution in [2.75, 3.05) is 23.7 Å². The summed E-state index contributed by atoms with van der Waals surface area (Å²) >= 11 is 5.84. The first-order chi connectivity index (χ1) is 13.6. The van der Waals surface area contributed by atoms with E-state index < -0.39 is 27.4 Å². The Hall–Kier alpha value is -2.65. The van der Waals surface area contributed by atoms with Gasteiger partial charge in [-0.3, -0.25) is 19.2 Å². The third-order valence-electron chi connectivity index (χ3n) is 4.31. The van der Waals surface area contributed by atoms with Crippen molar-refractivity contribution in [3.05, 3.63) is 68.7 Å². The molecule has 1 amide bonds. The number of nitro groups is 1. The van der Waals surface area contributed by atoms with E-state index in [4.69, 9.17) is 11.6 Å². The Bertz CT molecular complexity index is 993. The van der Waals surface area contributed by atoms with Gasteiger partial charge in [0.2, 0.25) is 15.9 Å². The zero-order chi connectivity index (χ0) is 21.6. The van der Waals surface area contributed by atoms with E-state index in [-0.39, 0.29) is 16.9 Å². The molecule has 0 heterocycles. The van der Waals surface area contributed by atoms with E-state index in [0.717, 1.165) is 22.5 Å². The normalized spacial score (nSPS) is 11.1. The van der Waals surface area contributed by atoms with Gasteiger partial charge in [-0.15, -0.1) is 0 Å². The second kappa shape index (κ2) is 9.71. The van der Waals surface area contributed by atoms with Gasteiger partial charge in [0.25, 0.3) is 5.69 Å². The molecule has 0 radical (unpaired) electrons. The number of hydrogen-bond donors (Lipinski definition) is 1. The average molecular weight is 440 g/mol. The molecule has 0 aliphatic carbocycles. The number of carbonyl (C=O) groups is 1. The van der Waals surface area contributed by atoms with Crippen LogP contribution in [0.15, 0.2) is 42.5 Å². The zero-order valence-electron chi connectivity index (χ0n) is 16.1. The van der Waals surface area contributed by atoms with Crippen molar-refractivity contribution in [3.63, 3.8) is 0 Å². The summed E-state index contributed by atoms with van der Waals surface area (Å²) in [6.07, 6.45) is 2.36. The maximum absolute atomic E-state index is 12.3. The van der Waals surface area contributed by atoms with Gasteiger partial charge < -0.3 is 5.32 Å². The number of nitrogens with one attached hydrogen (secondary N) is 1. The van der Waals surface area contributed by atoms with E-state index in [1.54, 1.807) is 12.1 Å². The number of sulfonamides is 1. The van der Waals surface area contributed by atoms with Gasteiger partial charge in [0.1, 0.15) is 6.54 Å².